The third-order valence-corrected chi connectivity index (χ3v) is 6.22. The molecular formula is C27H26Cl2N2O2. The predicted octanol–water partition coefficient (Wildman–Crippen LogP) is 7.96. The summed E-state index contributed by atoms with van der Waals surface area (Å²) in [5, 5.41) is 2.40. The van der Waals surface area contributed by atoms with Crippen LogP contribution >= 0.6 is 23.2 Å². The molecule has 170 valence electrons. The summed E-state index contributed by atoms with van der Waals surface area (Å²) in [5.74, 6) is 0.464. The molecule has 0 saturated heterocycles. The third kappa shape index (κ3) is 4.73. The van der Waals surface area contributed by atoms with E-state index in [4.69, 9.17) is 27.9 Å². The van der Waals surface area contributed by atoms with Gasteiger partial charge in [-0.05, 0) is 66.9 Å². The maximum atomic E-state index is 13.2. The van der Waals surface area contributed by atoms with E-state index in [9.17, 15) is 4.79 Å². The van der Waals surface area contributed by atoms with Gasteiger partial charge in [0.2, 0.25) is 0 Å². The van der Waals surface area contributed by atoms with Crippen molar-refractivity contribution < 1.29 is 9.53 Å². The normalized spacial score (nSPS) is 14.9. The molecule has 1 aromatic heterocycles. The first-order valence-electron chi connectivity index (χ1n) is 11.1. The first kappa shape index (κ1) is 23.2. The number of rotatable bonds is 2. The van der Waals surface area contributed by atoms with Crippen LogP contribution < -0.4 is 4.74 Å². The van der Waals surface area contributed by atoms with Gasteiger partial charge in [-0.15, -0.1) is 0 Å². The molecule has 0 bridgehead atoms. The second kappa shape index (κ2) is 9.90. The lowest BCUT2D eigenvalue weighted by atomic mass is 9.92. The van der Waals surface area contributed by atoms with Crippen LogP contribution in [-0.4, -0.2) is 22.5 Å². The van der Waals surface area contributed by atoms with Crippen molar-refractivity contribution in [2.24, 2.45) is 0 Å². The second-order valence-corrected chi connectivity index (χ2v) is 8.66. The van der Waals surface area contributed by atoms with Crippen molar-refractivity contribution >= 4 is 40.2 Å². The van der Waals surface area contributed by atoms with Crippen LogP contribution in [0.5, 0.6) is 5.75 Å². The van der Waals surface area contributed by atoms with Gasteiger partial charge in [0, 0.05) is 33.2 Å². The summed E-state index contributed by atoms with van der Waals surface area (Å²) in [5.41, 5.74) is 5.40. The van der Waals surface area contributed by atoms with Gasteiger partial charge >= 0.3 is 6.09 Å². The molecule has 1 unspecified atom stereocenters. The molecule has 0 fully saturated rings. The molecule has 33 heavy (non-hydrogen) atoms. The summed E-state index contributed by atoms with van der Waals surface area (Å²) in [6.45, 7) is 6.59. The van der Waals surface area contributed by atoms with Gasteiger partial charge in [0.15, 0.2) is 0 Å². The number of aryl methyl sites for hydroxylation is 1. The number of fused-ring (bicyclic) bond motifs is 3. The fraction of sp³-hybridized carbons (Fsp3) is 0.222. The number of amides is 1. The van der Waals surface area contributed by atoms with Gasteiger partial charge in [-0.2, -0.15) is 0 Å². The van der Waals surface area contributed by atoms with Gasteiger partial charge in [-0.1, -0.05) is 66.9 Å². The highest BCUT2D eigenvalue weighted by molar-refractivity contribution is 6.31. The van der Waals surface area contributed by atoms with Crippen molar-refractivity contribution in [3.05, 3.63) is 99.2 Å². The maximum absolute atomic E-state index is 13.2. The number of H-pyrrole nitrogens is 1. The highest BCUT2D eigenvalue weighted by Crippen LogP contribution is 2.39. The average Bonchev–Trinajstić information content (AvgIpc) is 3.20. The Balaban J connectivity index is 0.00000126. The Morgan fingerprint density at radius 1 is 0.970 bits per heavy atom. The number of hydrogen-bond acceptors (Lipinski definition) is 2. The summed E-state index contributed by atoms with van der Waals surface area (Å²) in [4.78, 5) is 18.5. The van der Waals surface area contributed by atoms with E-state index in [2.05, 4.69) is 29.2 Å². The Kier molecular flexibility index (Phi) is 6.96. The number of hydrogen-bond donors (Lipinski definition) is 1. The number of nitrogens with zero attached hydrogens (tertiary/aromatic N) is 1. The van der Waals surface area contributed by atoms with Crippen molar-refractivity contribution in [3.63, 3.8) is 0 Å². The Hall–Kier alpha value is -2.95. The number of benzene rings is 3. The lowest BCUT2D eigenvalue weighted by Crippen LogP contribution is -2.42. The minimum atomic E-state index is -0.393. The quantitative estimate of drug-likeness (QED) is 0.316. The van der Waals surface area contributed by atoms with Crippen LogP contribution in [0.4, 0.5) is 4.79 Å². The van der Waals surface area contributed by atoms with Gasteiger partial charge in [0.05, 0.1) is 0 Å². The van der Waals surface area contributed by atoms with Gasteiger partial charge in [-0.25, -0.2) is 4.79 Å². The van der Waals surface area contributed by atoms with Crippen molar-refractivity contribution in [2.75, 3.05) is 6.54 Å². The summed E-state index contributed by atoms with van der Waals surface area (Å²) < 4.78 is 5.69. The standard InChI is InChI=1S/C25H20Cl2N2O2.C2H6/c1-15-2-4-16(5-3-15)24-23-20(21-14-18(27)8-11-22(21)28-23)12-13-29(24)25(30)31-19-9-6-17(26)7-10-19;1-2/h2-11,14,24,28H,12-13H2,1H3;1-2H3. The van der Waals surface area contributed by atoms with Gasteiger partial charge < -0.3 is 9.72 Å². The molecule has 6 heteroatoms. The molecule has 0 aliphatic carbocycles. The highest BCUT2D eigenvalue weighted by Gasteiger charge is 2.35. The minimum absolute atomic E-state index is 0.282. The molecule has 0 radical (unpaired) electrons. The van der Waals surface area contributed by atoms with E-state index in [0.29, 0.717) is 28.8 Å². The second-order valence-electron chi connectivity index (χ2n) is 7.79. The Morgan fingerprint density at radius 3 is 2.33 bits per heavy atom. The maximum Gasteiger partial charge on any atom is 0.416 e. The van der Waals surface area contributed by atoms with E-state index in [-0.39, 0.29) is 6.04 Å². The van der Waals surface area contributed by atoms with Crippen LogP contribution in [0.1, 0.15) is 42.3 Å². The van der Waals surface area contributed by atoms with Crippen molar-refractivity contribution in [3.8, 4) is 5.75 Å². The molecule has 1 N–H and O–H groups in total. The van der Waals surface area contributed by atoms with Gasteiger partial charge in [0.25, 0.3) is 0 Å². The first-order valence-corrected chi connectivity index (χ1v) is 11.9. The molecule has 0 saturated carbocycles. The van der Waals surface area contributed by atoms with Crippen LogP contribution in [0.25, 0.3) is 10.9 Å². The predicted molar refractivity (Wildman–Crippen MR) is 136 cm³/mol. The first-order chi connectivity index (χ1) is 16.0. The largest absolute Gasteiger partial charge is 0.416 e. The fourth-order valence-corrected chi connectivity index (χ4v) is 4.51. The number of aromatic nitrogens is 1. The summed E-state index contributed by atoms with van der Waals surface area (Å²) in [6.07, 6.45) is 0.323. The molecule has 1 aliphatic rings. The molecule has 4 aromatic rings. The Labute approximate surface area is 204 Å². The number of carbonyl (C=O) groups excluding carboxylic acids is 1. The van der Waals surface area contributed by atoms with Gasteiger partial charge in [0.1, 0.15) is 11.8 Å². The van der Waals surface area contributed by atoms with E-state index < -0.39 is 6.09 Å². The van der Waals surface area contributed by atoms with Crippen LogP contribution in [0.2, 0.25) is 10.0 Å². The number of aromatic amines is 1. The third-order valence-electron chi connectivity index (χ3n) is 5.74. The lowest BCUT2D eigenvalue weighted by molar-refractivity contribution is 0.135. The molecule has 2 heterocycles. The summed E-state index contributed by atoms with van der Waals surface area (Å²) >= 11 is 12.2. The molecule has 1 atom stereocenters. The molecule has 4 nitrogen and oxygen atoms in total. The number of halogens is 2. The molecule has 3 aromatic carbocycles. The van der Waals surface area contributed by atoms with E-state index in [1.807, 2.05) is 39.0 Å². The van der Waals surface area contributed by atoms with Crippen molar-refractivity contribution in [1.29, 1.82) is 0 Å². The zero-order chi connectivity index (χ0) is 23.5. The zero-order valence-corrected chi connectivity index (χ0v) is 20.4. The van der Waals surface area contributed by atoms with E-state index in [1.54, 1.807) is 29.2 Å². The molecule has 0 spiro atoms. The monoisotopic (exact) mass is 480 g/mol. The van der Waals surface area contributed by atoms with Crippen LogP contribution in [0.15, 0.2) is 66.7 Å². The van der Waals surface area contributed by atoms with Gasteiger partial charge in [-0.3, -0.25) is 4.90 Å². The zero-order valence-electron chi connectivity index (χ0n) is 18.9. The molecule has 5 rings (SSSR count). The Bertz CT molecular complexity index is 1260. The summed E-state index contributed by atoms with van der Waals surface area (Å²) in [6, 6.07) is 20.6. The number of carbonyl (C=O) groups is 1. The average molecular weight is 481 g/mol. The Morgan fingerprint density at radius 2 is 1.64 bits per heavy atom. The SMILES string of the molecule is CC.Cc1ccc(C2c3[nH]c4ccc(Cl)cc4c3CCN2C(=O)Oc2ccc(Cl)cc2)cc1. The molecule has 1 aliphatic heterocycles. The molecular weight excluding hydrogens is 455 g/mol. The van der Waals surface area contributed by atoms with Crippen molar-refractivity contribution in [2.45, 2.75) is 33.2 Å². The van der Waals surface area contributed by atoms with E-state index in [0.717, 1.165) is 22.2 Å². The van der Waals surface area contributed by atoms with Crippen LogP contribution in [0.3, 0.4) is 0 Å². The smallest absolute Gasteiger partial charge is 0.410 e. The van der Waals surface area contributed by atoms with Crippen LogP contribution in [0, 0.1) is 6.92 Å². The summed E-state index contributed by atoms with van der Waals surface area (Å²) in [7, 11) is 0. The number of ether oxygens (including phenoxy) is 1. The van der Waals surface area contributed by atoms with E-state index >= 15 is 0 Å². The lowest BCUT2D eigenvalue weighted by Gasteiger charge is -2.35. The van der Waals surface area contributed by atoms with Crippen molar-refractivity contribution in [1.82, 2.24) is 9.88 Å². The fourth-order valence-electron chi connectivity index (χ4n) is 4.21. The number of nitrogens with one attached hydrogen (secondary N) is 1. The topological polar surface area (TPSA) is 45.3 Å². The van der Waals surface area contributed by atoms with E-state index in [1.165, 1.54) is 11.1 Å². The van der Waals surface area contributed by atoms with Crippen LogP contribution in [-0.2, 0) is 6.42 Å². The highest BCUT2D eigenvalue weighted by atomic mass is 35.5. The minimum Gasteiger partial charge on any atom is -0.410 e. The molecule has 1 amide bonds.